The molecule has 0 unspecified atom stereocenters. The number of carboxylic acids is 1. The molecule has 3 saturated carbocycles. The Kier molecular flexibility index (Phi) is 4.34. The molecule has 0 bridgehead atoms. The van der Waals surface area contributed by atoms with E-state index in [4.69, 9.17) is 0 Å². The minimum Gasteiger partial charge on any atom is -0.481 e. The first kappa shape index (κ1) is 20.8. The first-order valence-corrected chi connectivity index (χ1v) is 11.3. The van der Waals surface area contributed by atoms with Crippen LogP contribution in [0.4, 0.5) is 0 Å². The second-order valence-electron chi connectivity index (χ2n) is 11.7. The number of rotatable bonds is 2. The number of hydrogen-bond acceptors (Lipinski definition) is 3. The fraction of sp³-hybridized carbons (Fsp3) is 0.800. The molecule has 0 aliphatic heterocycles. The van der Waals surface area contributed by atoms with Gasteiger partial charge in [0.25, 0.3) is 0 Å². The van der Waals surface area contributed by atoms with E-state index in [0.717, 1.165) is 37.7 Å². The highest BCUT2D eigenvalue weighted by atomic mass is 16.4. The fourth-order valence-electron chi connectivity index (χ4n) is 8.36. The lowest BCUT2D eigenvalue weighted by Gasteiger charge is -2.64. The Morgan fingerprint density at radius 3 is 2.31 bits per heavy atom. The van der Waals surface area contributed by atoms with Crippen molar-refractivity contribution < 1.29 is 19.5 Å². The molecule has 0 spiro atoms. The summed E-state index contributed by atoms with van der Waals surface area (Å²) in [6.07, 6.45) is 6.96. The number of carbonyl (C=O) groups excluding carboxylic acids is 2. The number of hydrogen-bond donors (Lipinski definition) is 1. The van der Waals surface area contributed by atoms with E-state index < -0.39 is 11.4 Å². The Hall–Kier alpha value is -1.45. The minimum absolute atomic E-state index is 0.0857. The second kappa shape index (κ2) is 6.04. The van der Waals surface area contributed by atoms with E-state index in [2.05, 4.69) is 20.8 Å². The predicted octanol–water partition coefficient (Wildman–Crippen LogP) is 5.06. The molecule has 1 N–H and O–H groups in total. The van der Waals surface area contributed by atoms with Crippen molar-refractivity contribution in [3.05, 3.63) is 11.6 Å². The number of allylic oxidation sites excluding steroid dienone is 2. The van der Waals surface area contributed by atoms with Crippen LogP contribution in [-0.4, -0.2) is 22.6 Å². The first-order valence-electron chi connectivity index (χ1n) is 11.3. The van der Waals surface area contributed by atoms with Crippen LogP contribution in [0.25, 0.3) is 0 Å². The van der Waals surface area contributed by atoms with Crippen LogP contribution in [0.3, 0.4) is 0 Å². The van der Waals surface area contributed by atoms with Gasteiger partial charge in [0.1, 0.15) is 5.78 Å². The molecule has 0 radical (unpaired) electrons. The molecule has 0 aromatic rings. The smallest absolute Gasteiger partial charge is 0.306 e. The zero-order valence-electron chi connectivity index (χ0n) is 18.8. The van der Waals surface area contributed by atoms with Gasteiger partial charge in [0.2, 0.25) is 0 Å². The summed E-state index contributed by atoms with van der Waals surface area (Å²) in [5, 5.41) is 9.69. The summed E-state index contributed by atoms with van der Waals surface area (Å²) in [7, 11) is 0. The van der Waals surface area contributed by atoms with Gasteiger partial charge in [0.05, 0.1) is 5.92 Å². The molecule has 0 heterocycles. The third-order valence-corrected chi connectivity index (χ3v) is 10.4. The summed E-state index contributed by atoms with van der Waals surface area (Å²) in [5.74, 6) is -0.387. The number of aliphatic carboxylic acids is 1. The van der Waals surface area contributed by atoms with Crippen molar-refractivity contribution >= 4 is 17.5 Å². The quantitative estimate of drug-likeness (QED) is 0.703. The normalized spacial score (nSPS) is 47.0. The standard InChI is InChI=1S/C25H36O4/c1-14(21(28)29)15-9-10-25(6)20-18(26)13-17-16(7-8-19(27)22(17,2)3)23(20,4)11-12-24(15,25)5/h13-16,20H,7-12H2,1-6H3,(H,28,29)/t14-,15+,16+,20+,23-,24+,25-/m0/s1. The minimum atomic E-state index is -0.724. The fourth-order valence-corrected chi connectivity index (χ4v) is 8.36. The van der Waals surface area contributed by atoms with Crippen molar-refractivity contribution in [3.8, 4) is 0 Å². The van der Waals surface area contributed by atoms with Crippen LogP contribution in [0.5, 0.6) is 0 Å². The Bertz CT molecular complexity index is 823. The van der Waals surface area contributed by atoms with Crippen molar-refractivity contribution in [1.29, 1.82) is 0 Å². The van der Waals surface area contributed by atoms with Gasteiger partial charge in [-0.05, 0) is 85.7 Å². The van der Waals surface area contributed by atoms with Crippen molar-refractivity contribution in [1.82, 2.24) is 0 Å². The largest absolute Gasteiger partial charge is 0.481 e. The molecular weight excluding hydrogens is 364 g/mol. The lowest BCUT2D eigenvalue weighted by atomic mass is 9.39. The molecule has 29 heavy (non-hydrogen) atoms. The molecule has 160 valence electrons. The van der Waals surface area contributed by atoms with Crippen LogP contribution in [0.2, 0.25) is 0 Å². The van der Waals surface area contributed by atoms with Crippen LogP contribution >= 0.6 is 0 Å². The maximum absolute atomic E-state index is 13.7. The maximum atomic E-state index is 13.7. The van der Waals surface area contributed by atoms with E-state index in [1.54, 1.807) is 0 Å². The van der Waals surface area contributed by atoms with E-state index in [9.17, 15) is 19.5 Å². The van der Waals surface area contributed by atoms with Crippen molar-refractivity contribution in [2.45, 2.75) is 80.1 Å². The highest BCUT2D eigenvalue weighted by Crippen LogP contribution is 2.74. The average Bonchev–Trinajstić information content (AvgIpc) is 2.89. The van der Waals surface area contributed by atoms with E-state index in [-0.39, 0.29) is 51.5 Å². The van der Waals surface area contributed by atoms with Gasteiger partial charge in [-0.15, -0.1) is 0 Å². The number of Topliss-reactive ketones (excluding diaryl/α,β-unsaturated/α-hetero) is 1. The molecular formula is C25H36O4. The van der Waals surface area contributed by atoms with Gasteiger partial charge in [-0.25, -0.2) is 0 Å². The third-order valence-electron chi connectivity index (χ3n) is 10.4. The lowest BCUT2D eigenvalue weighted by molar-refractivity contribution is -0.166. The topological polar surface area (TPSA) is 71.4 Å². The Labute approximate surface area is 174 Å². The van der Waals surface area contributed by atoms with E-state index >= 15 is 0 Å². The van der Waals surface area contributed by atoms with Crippen LogP contribution in [0.15, 0.2) is 11.6 Å². The van der Waals surface area contributed by atoms with Crippen LogP contribution in [-0.2, 0) is 14.4 Å². The van der Waals surface area contributed by atoms with Gasteiger partial charge >= 0.3 is 5.97 Å². The lowest BCUT2D eigenvalue weighted by Crippen LogP contribution is -2.61. The van der Waals surface area contributed by atoms with Crippen LogP contribution in [0.1, 0.15) is 80.1 Å². The van der Waals surface area contributed by atoms with E-state index in [0.29, 0.717) is 6.42 Å². The van der Waals surface area contributed by atoms with Gasteiger partial charge in [0.15, 0.2) is 5.78 Å². The molecule has 7 atom stereocenters. The molecule has 3 fully saturated rings. The zero-order valence-corrected chi connectivity index (χ0v) is 18.8. The van der Waals surface area contributed by atoms with E-state index in [1.165, 1.54) is 0 Å². The zero-order chi connectivity index (χ0) is 21.6. The third kappa shape index (κ3) is 2.41. The summed E-state index contributed by atoms with van der Waals surface area (Å²) >= 11 is 0. The second-order valence-corrected chi connectivity index (χ2v) is 11.7. The molecule has 4 nitrogen and oxygen atoms in total. The van der Waals surface area contributed by atoms with Gasteiger partial charge in [-0.2, -0.15) is 0 Å². The molecule has 4 aliphatic rings. The summed E-state index contributed by atoms with van der Waals surface area (Å²) < 4.78 is 0. The first-order chi connectivity index (χ1) is 13.3. The van der Waals surface area contributed by atoms with Gasteiger partial charge in [-0.1, -0.05) is 27.7 Å². The van der Waals surface area contributed by atoms with Crippen LogP contribution < -0.4 is 0 Å². The predicted molar refractivity (Wildman–Crippen MR) is 111 cm³/mol. The van der Waals surface area contributed by atoms with Crippen molar-refractivity contribution in [2.24, 2.45) is 45.3 Å². The molecule has 0 aromatic carbocycles. The van der Waals surface area contributed by atoms with Gasteiger partial charge in [0, 0.05) is 17.8 Å². The van der Waals surface area contributed by atoms with Gasteiger partial charge in [-0.3, -0.25) is 14.4 Å². The van der Waals surface area contributed by atoms with E-state index in [1.807, 2.05) is 26.8 Å². The number of carboxylic acid groups (broad SMARTS) is 1. The molecule has 0 amide bonds. The number of fused-ring (bicyclic) bond motifs is 5. The summed E-state index contributed by atoms with van der Waals surface area (Å²) in [4.78, 5) is 38.1. The average molecular weight is 401 g/mol. The molecule has 4 heteroatoms. The summed E-state index contributed by atoms with van der Waals surface area (Å²) in [5.41, 5.74) is 0.0202. The Balaban J connectivity index is 1.82. The highest BCUT2D eigenvalue weighted by molar-refractivity contribution is 5.98. The number of ketones is 2. The summed E-state index contributed by atoms with van der Waals surface area (Å²) in [6.45, 7) is 12.6. The van der Waals surface area contributed by atoms with Crippen LogP contribution in [0, 0.1) is 45.3 Å². The highest BCUT2D eigenvalue weighted by Gasteiger charge is 2.69. The monoisotopic (exact) mass is 400 g/mol. The number of carbonyl (C=O) groups is 3. The molecule has 4 rings (SSSR count). The maximum Gasteiger partial charge on any atom is 0.306 e. The Morgan fingerprint density at radius 1 is 1.03 bits per heavy atom. The van der Waals surface area contributed by atoms with Crippen molar-refractivity contribution in [3.63, 3.8) is 0 Å². The van der Waals surface area contributed by atoms with Crippen molar-refractivity contribution in [2.75, 3.05) is 0 Å². The molecule has 0 aromatic heterocycles. The van der Waals surface area contributed by atoms with Gasteiger partial charge < -0.3 is 5.11 Å². The summed E-state index contributed by atoms with van der Waals surface area (Å²) in [6, 6.07) is 0. The molecule has 4 aliphatic carbocycles. The Morgan fingerprint density at radius 2 is 1.69 bits per heavy atom. The molecule has 0 saturated heterocycles. The SMILES string of the molecule is C[C@H](C(=O)O)[C@H]1CC[C@@]2(C)[C@@H]3C(=O)C=C4[C@@H](CCC(=O)C4(C)C)[C@]3(C)CC[C@]12C.